The number of para-hydroxylation sites is 1. The number of urea groups is 1. The molecule has 1 unspecified atom stereocenters. The highest BCUT2D eigenvalue weighted by Crippen LogP contribution is 2.31. The number of hydrogen-bond acceptors (Lipinski definition) is 3. The maximum Gasteiger partial charge on any atom is 0.317 e. The summed E-state index contributed by atoms with van der Waals surface area (Å²) in [4.78, 5) is 13.2. The third-order valence-corrected chi connectivity index (χ3v) is 2.78. The molecule has 2 rings (SSSR count). The Labute approximate surface area is 100.0 Å². The fourth-order valence-electron chi connectivity index (χ4n) is 1.79. The van der Waals surface area contributed by atoms with Gasteiger partial charge in [0.25, 0.3) is 0 Å². The van der Waals surface area contributed by atoms with Crippen molar-refractivity contribution in [2.75, 3.05) is 26.8 Å². The lowest BCUT2D eigenvalue weighted by Crippen LogP contribution is -2.41. The van der Waals surface area contributed by atoms with Crippen LogP contribution in [0.25, 0.3) is 0 Å². The summed E-state index contributed by atoms with van der Waals surface area (Å²) in [5.41, 5.74) is 0.998. The van der Waals surface area contributed by atoms with Crippen LogP contribution in [-0.2, 0) is 0 Å². The second kappa shape index (κ2) is 5.05. The SMILES string of the molecule is CN(CCO)C(=O)NC1COc2ccccc21. The molecule has 92 valence electrons. The number of carbonyl (C=O) groups excluding carboxylic acids is 1. The summed E-state index contributed by atoms with van der Waals surface area (Å²) in [6.07, 6.45) is 0. The van der Waals surface area contributed by atoms with Gasteiger partial charge in [0.2, 0.25) is 0 Å². The van der Waals surface area contributed by atoms with E-state index in [1.54, 1.807) is 7.05 Å². The van der Waals surface area contributed by atoms with E-state index in [0.717, 1.165) is 11.3 Å². The van der Waals surface area contributed by atoms with Crippen LogP contribution in [0.2, 0.25) is 0 Å². The van der Waals surface area contributed by atoms with Gasteiger partial charge in [0.1, 0.15) is 12.4 Å². The average Bonchev–Trinajstić information content (AvgIpc) is 2.73. The Morgan fingerprint density at radius 1 is 1.59 bits per heavy atom. The molecule has 0 saturated carbocycles. The molecule has 1 atom stereocenters. The van der Waals surface area contributed by atoms with Gasteiger partial charge in [-0.1, -0.05) is 18.2 Å². The van der Waals surface area contributed by atoms with Crippen molar-refractivity contribution >= 4 is 6.03 Å². The Bertz CT molecular complexity index is 408. The van der Waals surface area contributed by atoms with E-state index in [-0.39, 0.29) is 18.7 Å². The van der Waals surface area contributed by atoms with Crippen LogP contribution in [0.4, 0.5) is 4.79 Å². The van der Waals surface area contributed by atoms with Crippen LogP contribution in [0.1, 0.15) is 11.6 Å². The molecule has 1 aromatic rings. The van der Waals surface area contributed by atoms with E-state index in [1.165, 1.54) is 4.90 Å². The molecule has 0 spiro atoms. The number of fused-ring (bicyclic) bond motifs is 1. The number of aliphatic hydroxyl groups excluding tert-OH is 1. The van der Waals surface area contributed by atoms with Crippen molar-refractivity contribution in [2.24, 2.45) is 0 Å². The standard InChI is InChI=1S/C12H16N2O3/c1-14(6-7-15)12(16)13-10-8-17-11-5-3-2-4-9(10)11/h2-5,10,15H,6-8H2,1H3,(H,13,16). The molecule has 1 aliphatic heterocycles. The summed E-state index contributed by atoms with van der Waals surface area (Å²) in [5.74, 6) is 0.822. The first-order chi connectivity index (χ1) is 8.22. The largest absolute Gasteiger partial charge is 0.491 e. The van der Waals surface area contributed by atoms with Crippen molar-refractivity contribution in [3.8, 4) is 5.75 Å². The second-order valence-electron chi connectivity index (χ2n) is 4.00. The minimum absolute atomic E-state index is 0.0400. The Morgan fingerprint density at radius 3 is 3.12 bits per heavy atom. The highest BCUT2D eigenvalue weighted by atomic mass is 16.5. The van der Waals surface area contributed by atoms with E-state index in [0.29, 0.717) is 13.2 Å². The average molecular weight is 236 g/mol. The lowest BCUT2D eigenvalue weighted by molar-refractivity contribution is 0.184. The molecule has 2 N–H and O–H groups in total. The third kappa shape index (κ3) is 2.50. The zero-order valence-electron chi connectivity index (χ0n) is 9.72. The van der Waals surface area contributed by atoms with E-state index in [1.807, 2.05) is 24.3 Å². The highest BCUT2D eigenvalue weighted by Gasteiger charge is 2.25. The fourth-order valence-corrected chi connectivity index (χ4v) is 1.79. The first-order valence-electron chi connectivity index (χ1n) is 5.56. The first-order valence-corrected chi connectivity index (χ1v) is 5.56. The van der Waals surface area contributed by atoms with Crippen molar-refractivity contribution < 1.29 is 14.6 Å². The molecular weight excluding hydrogens is 220 g/mol. The smallest absolute Gasteiger partial charge is 0.317 e. The lowest BCUT2D eigenvalue weighted by atomic mass is 10.1. The van der Waals surface area contributed by atoms with Crippen LogP contribution in [0.3, 0.4) is 0 Å². The Morgan fingerprint density at radius 2 is 2.35 bits per heavy atom. The number of nitrogens with one attached hydrogen (secondary N) is 1. The van der Waals surface area contributed by atoms with Gasteiger partial charge in [-0.05, 0) is 6.07 Å². The van der Waals surface area contributed by atoms with Gasteiger partial charge in [-0.2, -0.15) is 0 Å². The van der Waals surface area contributed by atoms with E-state index in [2.05, 4.69) is 5.32 Å². The summed E-state index contributed by atoms with van der Waals surface area (Å²) in [5, 5.41) is 11.6. The topological polar surface area (TPSA) is 61.8 Å². The van der Waals surface area contributed by atoms with Gasteiger partial charge in [-0.15, -0.1) is 0 Å². The maximum atomic E-state index is 11.7. The van der Waals surface area contributed by atoms with Gasteiger partial charge in [0.05, 0.1) is 12.6 Å². The molecule has 0 aliphatic carbocycles. The molecular formula is C12H16N2O3. The number of carbonyl (C=O) groups is 1. The van der Waals surface area contributed by atoms with Crippen LogP contribution in [0.5, 0.6) is 5.75 Å². The van der Waals surface area contributed by atoms with E-state index >= 15 is 0 Å². The fraction of sp³-hybridized carbons (Fsp3) is 0.417. The lowest BCUT2D eigenvalue weighted by Gasteiger charge is -2.19. The quantitative estimate of drug-likeness (QED) is 0.814. The highest BCUT2D eigenvalue weighted by molar-refractivity contribution is 5.74. The molecule has 17 heavy (non-hydrogen) atoms. The van der Waals surface area contributed by atoms with Crippen molar-refractivity contribution in [1.29, 1.82) is 0 Å². The monoisotopic (exact) mass is 236 g/mol. The van der Waals surface area contributed by atoms with Gasteiger partial charge >= 0.3 is 6.03 Å². The van der Waals surface area contributed by atoms with Crippen LogP contribution in [-0.4, -0.2) is 42.8 Å². The number of ether oxygens (including phenoxy) is 1. The molecule has 0 fully saturated rings. The van der Waals surface area contributed by atoms with Crippen LogP contribution in [0, 0.1) is 0 Å². The van der Waals surface area contributed by atoms with Crippen LogP contribution >= 0.6 is 0 Å². The van der Waals surface area contributed by atoms with E-state index in [9.17, 15) is 4.79 Å². The zero-order chi connectivity index (χ0) is 12.3. The van der Waals surface area contributed by atoms with Gasteiger partial charge in [0.15, 0.2) is 0 Å². The van der Waals surface area contributed by atoms with Gasteiger partial charge in [-0.3, -0.25) is 0 Å². The molecule has 1 aliphatic rings. The minimum Gasteiger partial charge on any atom is -0.491 e. The molecule has 5 nitrogen and oxygen atoms in total. The molecule has 0 saturated heterocycles. The van der Waals surface area contributed by atoms with Crippen molar-refractivity contribution in [1.82, 2.24) is 10.2 Å². The second-order valence-corrected chi connectivity index (χ2v) is 4.00. The number of hydrogen-bond donors (Lipinski definition) is 2. The number of aliphatic hydroxyl groups is 1. The van der Waals surface area contributed by atoms with Gasteiger partial charge < -0.3 is 20.1 Å². The zero-order valence-corrected chi connectivity index (χ0v) is 9.72. The van der Waals surface area contributed by atoms with Gasteiger partial charge in [-0.25, -0.2) is 4.79 Å². The minimum atomic E-state index is -0.204. The summed E-state index contributed by atoms with van der Waals surface area (Å²) >= 11 is 0. The Kier molecular flexibility index (Phi) is 3.49. The summed E-state index contributed by atoms with van der Waals surface area (Å²) < 4.78 is 5.47. The molecule has 0 bridgehead atoms. The first kappa shape index (κ1) is 11.7. The van der Waals surface area contributed by atoms with Crippen molar-refractivity contribution in [2.45, 2.75) is 6.04 Å². The molecule has 1 aromatic carbocycles. The van der Waals surface area contributed by atoms with Crippen molar-refractivity contribution in [3.05, 3.63) is 29.8 Å². The number of nitrogens with zero attached hydrogens (tertiary/aromatic N) is 1. The molecule has 0 aromatic heterocycles. The third-order valence-electron chi connectivity index (χ3n) is 2.78. The predicted octanol–water partition coefficient (Wildman–Crippen LogP) is 0.754. The van der Waals surface area contributed by atoms with Gasteiger partial charge in [0, 0.05) is 19.2 Å². The van der Waals surface area contributed by atoms with Crippen LogP contribution in [0.15, 0.2) is 24.3 Å². The maximum absolute atomic E-state index is 11.7. The molecule has 1 heterocycles. The number of likely N-dealkylation sites (N-methyl/N-ethyl adjacent to an activating group) is 1. The van der Waals surface area contributed by atoms with Crippen LogP contribution < -0.4 is 10.1 Å². The molecule has 2 amide bonds. The Balaban J connectivity index is 2.00. The van der Waals surface area contributed by atoms with E-state index < -0.39 is 0 Å². The van der Waals surface area contributed by atoms with Crippen molar-refractivity contribution in [3.63, 3.8) is 0 Å². The number of amides is 2. The molecule has 5 heteroatoms. The number of rotatable bonds is 3. The normalized spacial score (nSPS) is 17.2. The van der Waals surface area contributed by atoms with E-state index in [4.69, 9.17) is 9.84 Å². The summed E-state index contributed by atoms with van der Waals surface area (Å²) in [7, 11) is 1.65. The number of benzene rings is 1. The predicted molar refractivity (Wildman–Crippen MR) is 62.9 cm³/mol. The molecule has 0 radical (unpaired) electrons. The summed E-state index contributed by atoms with van der Waals surface area (Å²) in [6, 6.07) is 7.34. The summed E-state index contributed by atoms with van der Waals surface area (Å²) in [6.45, 7) is 0.737. The Hall–Kier alpha value is -1.75.